The van der Waals surface area contributed by atoms with Gasteiger partial charge in [0.1, 0.15) is 5.75 Å². The minimum Gasteiger partial charge on any atom is -0.504 e. The second-order valence-corrected chi connectivity index (χ2v) is 10.2. The Kier molecular flexibility index (Phi) is 8.36. The van der Waals surface area contributed by atoms with E-state index in [1.54, 1.807) is 29.7 Å². The number of benzene rings is 2. The largest absolute Gasteiger partial charge is 0.504 e. The lowest BCUT2D eigenvalue weighted by Crippen LogP contribution is -2.40. The van der Waals surface area contributed by atoms with E-state index < -0.39 is 12.0 Å². The third kappa shape index (κ3) is 5.67. The molecule has 1 aliphatic rings. The van der Waals surface area contributed by atoms with Gasteiger partial charge in [-0.1, -0.05) is 43.4 Å². The molecule has 0 spiro atoms. The smallest absolute Gasteiger partial charge is 0.338 e. The highest BCUT2D eigenvalue weighted by atomic mass is 32.1. The molecule has 0 radical (unpaired) electrons. The molecule has 1 atom stereocenters. The Morgan fingerprint density at radius 3 is 2.50 bits per heavy atom. The molecule has 1 unspecified atom stereocenters. The lowest BCUT2D eigenvalue weighted by Gasteiger charge is -2.25. The number of nitrogens with zero attached hydrogens (tertiary/aromatic N) is 2. The van der Waals surface area contributed by atoms with Crippen LogP contribution in [-0.4, -0.2) is 35.5 Å². The van der Waals surface area contributed by atoms with Gasteiger partial charge in [-0.2, -0.15) is 0 Å². The van der Waals surface area contributed by atoms with Gasteiger partial charge >= 0.3 is 5.97 Å². The van der Waals surface area contributed by atoms with Crippen LogP contribution in [0.2, 0.25) is 0 Å². The van der Waals surface area contributed by atoms with E-state index in [-0.39, 0.29) is 23.8 Å². The molecule has 0 amide bonds. The zero-order chi connectivity index (χ0) is 27.4. The number of rotatable bonds is 9. The average molecular weight is 537 g/mol. The molecule has 0 aliphatic carbocycles. The van der Waals surface area contributed by atoms with Crippen molar-refractivity contribution in [1.29, 1.82) is 0 Å². The molecule has 200 valence electrons. The molecule has 2 aromatic carbocycles. The van der Waals surface area contributed by atoms with E-state index in [1.165, 1.54) is 17.4 Å². The summed E-state index contributed by atoms with van der Waals surface area (Å²) >= 11 is 1.24. The Labute approximate surface area is 225 Å². The van der Waals surface area contributed by atoms with Gasteiger partial charge in [0.2, 0.25) is 0 Å². The summed E-state index contributed by atoms with van der Waals surface area (Å²) < 4.78 is 18.7. The fourth-order valence-corrected chi connectivity index (χ4v) is 5.22. The van der Waals surface area contributed by atoms with Gasteiger partial charge in [0.15, 0.2) is 16.3 Å². The standard InChI is InChI=1S/C29H32N2O6S/c1-6-35-21-11-9-20(10-12-21)26-25(28(34)37-16-17(3)4)18(5)30-29-31(26)27(33)24(38-29)15-19-8-13-22(32)23(14-19)36-7-2/h8-15,17,26,32H,6-7,16H2,1-5H3/b24-15-. The number of phenols is 1. The number of ether oxygens (including phenoxy) is 3. The van der Waals surface area contributed by atoms with Gasteiger partial charge in [-0.25, -0.2) is 9.79 Å². The van der Waals surface area contributed by atoms with Gasteiger partial charge in [0.25, 0.3) is 5.56 Å². The lowest BCUT2D eigenvalue weighted by molar-refractivity contribution is -0.140. The van der Waals surface area contributed by atoms with E-state index >= 15 is 0 Å². The van der Waals surface area contributed by atoms with Crippen LogP contribution in [0.5, 0.6) is 17.2 Å². The van der Waals surface area contributed by atoms with Crippen LogP contribution in [0.15, 0.2) is 63.5 Å². The molecule has 0 fully saturated rings. The SMILES string of the molecule is CCOc1ccc(C2C(C(=O)OCC(C)C)=C(C)N=c3s/c(=C\c4ccc(O)c(OCC)c4)c(=O)n32)cc1. The number of aromatic nitrogens is 1. The average Bonchev–Trinajstić information content (AvgIpc) is 3.18. The highest BCUT2D eigenvalue weighted by Gasteiger charge is 2.33. The molecule has 0 saturated heterocycles. The molecule has 9 heteroatoms. The first kappa shape index (κ1) is 27.2. The van der Waals surface area contributed by atoms with Crippen LogP contribution in [0.25, 0.3) is 6.08 Å². The first-order valence-corrected chi connectivity index (χ1v) is 13.4. The van der Waals surface area contributed by atoms with Crippen molar-refractivity contribution in [3.63, 3.8) is 0 Å². The lowest BCUT2D eigenvalue weighted by atomic mass is 9.96. The number of thiazole rings is 1. The first-order chi connectivity index (χ1) is 18.2. The van der Waals surface area contributed by atoms with Gasteiger partial charge in [-0.05, 0) is 68.2 Å². The highest BCUT2D eigenvalue weighted by Crippen LogP contribution is 2.32. The maximum atomic E-state index is 13.8. The van der Waals surface area contributed by atoms with Gasteiger partial charge in [-0.15, -0.1) is 0 Å². The number of esters is 1. The number of hydrogen-bond acceptors (Lipinski definition) is 8. The maximum absolute atomic E-state index is 13.8. The fraction of sp³-hybridized carbons (Fsp3) is 0.345. The van der Waals surface area contributed by atoms with E-state index in [1.807, 2.05) is 52.0 Å². The van der Waals surface area contributed by atoms with Crippen LogP contribution in [0.4, 0.5) is 0 Å². The Morgan fingerprint density at radius 1 is 1.13 bits per heavy atom. The number of fused-ring (bicyclic) bond motifs is 1. The van der Waals surface area contributed by atoms with Gasteiger partial charge in [0, 0.05) is 0 Å². The molecule has 3 aromatic rings. The van der Waals surface area contributed by atoms with Gasteiger partial charge in [-0.3, -0.25) is 9.36 Å². The molecule has 8 nitrogen and oxygen atoms in total. The summed E-state index contributed by atoms with van der Waals surface area (Å²) in [6.07, 6.45) is 1.73. The molecular weight excluding hydrogens is 504 g/mol. The van der Waals surface area contributed by atoms with Crippen molar-refractivity contribution in [2.75, 3.05) is 19.8 Å². The molecule has 0 bridgehead atoms. The summed E-state index contributed by atoms with van der Waals surface area (Å²) in [4.78, 5) is 32.2. The van der Waals surface area contributed by atoms with E-state index in [0.717, 1.165) is 5.56 Å². The molecule has 4 rings (SSSR count). The van der Waals surface area contributed by atoms with Gasteiger partial charge < -0.3 is 19.3 Å². The zero-order valence-electron chi connectivity index (χ0n) is 22.2. The van der Waals surface area contributed by atoms with Crippen LogP contribution in [0.1, 0.15) is 51.8 Å². The molecule has 1 N–H and O–H groups in total. The molecule has 1 aliphatic heterocycles. The van der Waals surface area contributed by atoms with Crippen molar-refractivity contribution in [1.82, 2.24) is 4.57 Å². The predicted molar refractivity (Wildman–Crippen MR) is 146 cm³/mol. The highest BCUT2D eigenvalue weighted by molar-refractivity contribution is 7.07. The number of carbonyl (C=O) groups excluding carboxylic acids is 1. The Bertz CT molecular complexity index is 1530. The van der Waals surface area contributed by atoms with Crippen molar-refractivity contribution < 1.29 is 24.1 Å². The molecular formula is C29H32N2O6S. The Balaban J connectivity index is 1.86. The number of allylic oxidation sites excluding steroid dienone is 1. The van der Waals surface area contributed by atoms with Crippen LogP contribution in [0, 0.1) is 5.92 Å². The quantitative estimate of drug-likeness (QED) is 0.416. The third-order valence-corrected chi connectivity index (χ3v) is 6.86. The van der Waals surface area contributed by atoms with Crippen molar-refractivity contribution >= 4 is 23.4 Å². The van der Waals surface area contributed by atoms with Crippen LogP contribution >= 0.6 is 11.3 Å². The monoisotopic (exact) mass is 536 g/mol. The molecule has 38 heavy (non-hydrogen) atoms. The number of aromatic hydroxyl groups is 1. The number of carbonyl (C=O) groups is 1. The Morgan fingerprint density at radius 2 is 1.84 bits per heavy atom. The second-order valence-electron chi connectivity index (χ2n) is 9.24. The molecule has 1 aromatic heterocycles. The first-order valence-electron chi connectivity index (χ1n) is 12.6. The predicted octanol–water partition coefficient (Wildman–Crippen LogP) is 3.94. The third-order valence-electron chi connectivity index (χ3n) is 5.88. The van der Waals surface area contributed by atoms with E-state index in [9.17, 15) is 14.7 Å². The summed E-state index contributed by atoms with van der Waals surface area (Å²) in [5.41, 5.74) is 2.00. The minimum absolute atomic E-state index is 0.0288. The summed E-state index contributed by atoms with van der Waals surface area (Å²) in [6.45, 7) is 10.6. The summed E-state index contributed by atoms with van der Waals surface area (Å²) in [5, 5.41) is 10.0. The van der Waals surface area contributed by atoms with Gasteiger partial charge in [0.05, 0.1) is 41.7 Å². The molecule has 2 heterocycles. The minimum atomic E-state index is -0.706. The van der Waals surface area contributed by atoms with Crippen LogP contribution in [0.3, 0.4) is 0 Å². The normalized spacial score (nSPS) is 15.3. The second kappa shape index (κ2) is 11.7. The van der Waals surface area contributed by atoms with Crippen LogP contribution < -0.4 is 24.4 Å². The van der Waals surface area contributed by atoms with Crippen LogP contribution in [-0.2, 0) is 9.53 Å². The van der Waals surface area contributed by atoms with E-state index in [2.05, 4.69) is 4.99 Å². The van der Waals surface area contributed by atoms with Crippen molar-refractivity contribution in [3.05, 3.63) is 84.5 Å². The topological polar surface area (TPSA) is 99.4 Å². The molecule has 0 saturated carbocycles. The van der Waals surface area contributed by atoms with Crippen molar-refractivity contribution in [3.8, 4) is 17.2 Å². The summed E-state index contributed by atoms with van der Waals surface area (Å²) in [5.74, 6) is 0.740. The van der Waals surface area contributed by atoms with Crippen molar-refractivity contribution in [2.24, 2.45) is 10.9 Å². The number of hydrogen-bond donors (Lipinski definition) is 1. The van der Waals surface area contributed by atoms with E-state index in [4.69, 9.17) is 14.2 Å². The van der Waals surface area contributed by atoms with Crippen molar-refractivity contribution in [2.45, 2.75) is 40.7 Å². The maximum Gasteiger partial charge on any atom is 0.338 e. The summed E-state index contributed by atoms with van der Waals surface area (Å²) in [7, 11) is 0. The summed E-state index contributed by atoms with van der Waals surface area (Å²) in [6, 6.07) is 11.6. The van der Waals surface area contributed by atoms with E-state index in [0.29, 0.717) is 50.9 Å². The Hall–Kier alpha value is -3.85. The zero-order valence-corrected chi connectivity index (χ0v) is 23.0. The number of phenolic OH excluding ortho intramolecular Hbond substituents is 1. The fourth-order valence-electron chi connectivity index (χ4n) is 4.17.